The van der Waals surface area contributed by atoms with E-state index in [9.17, 15) is 4.79 Å². The summed E-state index contributed by atoms with van der Waals surface area (Å²) in [4.78, 5) is 11.2. The normalized spacial score (nSPS) is 10.6. The molecule has 6 heteroatoms. The molecule has 0 atom stereocenters. The van der Waals surface area contributed by atoms with Gasteiger partial charge in [-0.3, -0.25) is 10.0 Å². The van der Waals surface area contributed by atoms with Gasteiger partial charge in [-0.25, -0.2) is 5.48 Å². The lowest BCUT2D eigenvalue weighted by Gasteiger charge is -2.14. The Hall–Kier alpha value is -3.28. The van der Waals surface area contributed by atoms with Gasteiger partial charge in [-0.05, 0) is 48.0 Å². The van der Waals surface area contributed by atoms with E-state index < -0.39 is 5.91 Å². The van der Waals surface area contributed by atoms with Gasteiger partial charge in [-0.2, -0.15) is 0 Å². The lowest BCUT2D eigenvalue weighted by Crippen LogP contribution is -2.14. The van der Waals surface area contributed by atoms with Crippen molar-refractivity contribution in [3.63, 3.8) is 0 Å². The van der Waals surface area contributed by atoms with Crippen LogP contribution in [0.2, 0.25) is 5.02 Å². The number of halogens is 1. The first-order valence-electron chi connectivity index (χ1n) is 8.62. The lowest BCUT2D eigenvalue weighted by molar-refractivity contribution is -0.124. The summed E-state index contributed by atoms with van der Waals surface area (Å²) in [6.45, 7) is 0.529. The second-order valence-electron chi connectivity index (χ2n) is 5.91. The molecule has 0 fully saturated rings. The predicted molar refractivity (Wildman–Crippen MR) is 111 cm³/mol. The van der Waals surface area contributed by atoms with Gasteiger partial charge in [0.1, 0.15) is 11.5 Å². The van der Waals surface area contributed by atoms with E-state index in [4.69, 9.17) is 21.5 Å². The maximum Gasteiger partial charge on any atom is 0.267 e. The number of hydrogen-bond acceptors (Lipinski definition) is 4. The van der Waals surface area contributed by atoms with Gasteiger partial charge in [0, 0.05) is 28.9 Å². The molecule has 28 heavy (non-hydrogen) atoms. The summed E-state index contributed by atoms with van der Waals surface area (Å²) in [5.41, 5.74) is 4.23. The van der Waals surface area contributed by atoms with Crippen LogP contribution in [0.15, 0.2) is 78.9 Å². The Labute approximate surface area is 168 Å². The predicted octanol–water partition coefficient (Wildman–Crippen LogP) is 5.26. The van der Waals surface area contributed by atoms with Crippen molar-refractivity contribution in [3.05, 3.63) is 95.0 Å². The van der Waals surface area contributed by atoms with Crippen molar-refractivity contribution in [3.8, 4) is 11.5 Å². The van der Waals surface area contributed by atoms with Crippen LogP contribution in [0.5, 0.6) is 11.5 Å². The molecule has 3 N–H and O–H groups in total. The van der Waals surface area contributed by atoms with Crippen LogP contribution >= 0.6 is 11.6 Å². The molecule has 5 nitrogen and oxygen atoms in total. The van der Waals surface area contributed by atoms with E-state index in [1.807, 2.05) is 60.7 Å². The standard InChI is InChI=1S/C22H19ClN2O3/c23-18-10-12-19(13-11-18)28-21-8-4-2-6-17(21)15-24-20-7-3-1-5-16(20)9-14-22(26)25-27/h1-14,24,27H,15H2,(H,25,26)/b14-9+. The maximum absolute atomic E-state index is 11.2. The van der Waals surface area contributed by atoms with Crippen molar-refractivity contribution in [2.75, 3.05) is 5.32 Å². The molecule has 1 amide bonds. The molecule has 0 aliphatic heterocycles. The molecular weight excluding hydrogens is 376 g/mol. The number of hydrogen-bond donors (Lipinski definition) is 3. The Balaban J connectivity index is 1.74. The van der Waals surface area contributed by atoms with Crippen LogP contribution < -0.4 is 15.5 Å². The van der Waals surface area contributed by atoms with Gasteiger partial charge >= 0.3 is 0 Å². The summed E-state index contributed by atoms with van der Waals surface area (Å²) >= 11 is 5.92. The summed E-state index contributed by atoms with van der Waals surface area (Å²) in [5.74, 6) is 0.858. The Morgan fingerprint density at radius 3 is 2.50 bits per heavy atom. The number of ether oxygens (including phenoxy) is 1. The largest absolute Gasteiger partial charge is 0.457 e. The van der Waals surface area contributed by atoms with Crippen LogP contribution in [0.1, 0.15) is 11.1 Å². The zero-order valence-corrected chi connectivity index (χ0v) is 15.7. The summed E-state index contributed by atoms with van der Waals surface area (Å²) in [7, 11) is 0. The molecule has 0 spiro atoms. The van der Waals surface area contributed by atoms with Crippen molar-refractivity contribution in [2.45, 2.75) is 6.54 Å². The second kappa shape index (κ2) is 9.60. The van der Waals surface area contributed by atoms with Crippen LogP contribution in [-0.2, 0) is 11.3 Å². The van der Waals surface area contributed by atoms with Crippen molar-refractivity contribution in [1.29, 1.82) is 0 Å². The zero-order chi connectivity index (χ0) is 19.8. The molecule has 0 saturated heterocycles. The average molecular weight is 395 g/mol. The van der Waals surface area contributed by atoms with E-state index in [2.05, 4.69) is 5.32 Å². The van der Waals surface area contributed by atoms with E-state index in [1.54, 1.807) is 23.7 Å². The highest BCUT2D eigenvalue weighted by atomic mass is 35.5. The smallest absolute Gasteiger partial charge is 0.267 e. The SMILES string of the molecule is O=C(/C=C/c1ccccc1NCc1ccccc1Oc1ccc(Cl)cc1)NO. The fourth-order valence-corrected chi connectivity index (χ4v) is 2.70. The van der Waals surface area contributed by atoms with Crippen molar-refractivity contribution in [2.24, 2.45) is 0 Å². The highest BCUT2D eigenvalue weighted by Crippen LogP contribution is 2.27. The van der Waals surface area contributed by atoms with Gasteiger partial charge < -0.3 is 10.1 Å². The van der Waals surface area contributed by atoms with Crippen LogP contribution in [-0.4, -0.2) is 11.1 Å². The van der Waals surface area contributed by atoms with E-state index >= 15 is 0 Å². The molecule has 3 rings (SSSR count). The minimum Gasteiger partial charge on any atom is -0.457 e. The second-order valence-corrected chi connectivity index (χ2v) is 6.35. The Kier molecular flexibility index (Phi) is 6.68. The molecule has 3 aromatic rings. The van der Waals surface area contributed by atoms with Gasteiger partial charge in [-0.15, -0.1) is 0 Å². The third-order valence-corrected chi connectivity index (χ3v) is 4.22. The highest BCUT2D eigenvalue weighted by Gasteiger charge is 2.06. The fourth-order valence-electron chi connectivity index (χ4n) is 2.58. The monoisotopic (exact) mass is 394 g/mol. The number of anilines is 1. The molecule has 0 aromatic heterocycles. The molecule has 142 valence electrons. The molecule has 0 heterocycles. The average Bonchev–Trinajstić information content (AvgIpc) is 2.73. The first-order valence-corrected chi connectivity index (χ1v) is 9.00. The number of hydroxylamine groups is 1. The quantitative estimate of drug-likeness (QED) is 0.290. The van der Waals surface area contributed by atoms with Gasteiger partial charge in [0.25, 0.3) is 5.91 Å². The molecule has 0 bridgehead atoms. The molecule has 0 unspecified atom stereocenters. The Morgan fingerprint density at radius 1 is 1.00 bits per heavy atom. The minimum atomic E-state index is -0.587. The topological polar surface area (TPSA) is 70.6 Å². The first-order chi connectivity index (χ1) is 13.7. The maximum atomic E-state index is 11.2. The number of carbonyl (C=O) groups excluding carboxylic acids is 1. The first kappa shape index (κ1) is 19.5. The summed E-state index contributed by atoms with van der Waals surface area (Å²) in [6.07, 6.45) is 2.89. The fraction of sp³-hybridized carbons (Fsp3) is 0.0455. The Bertz CT molecular complexity index is 972. The summed E-state index contributed by atoms with van der Waals surface area (Å²) in [6, 6.07) is 22.5. The van der Waals surface area contributed by atoms with Gasteiger partial charge in [-0.1, -0.05) is 48.0 Å². The van der Waals surface area contributed by atoms with Crippen LogP contribution in [0.4, 0.5) is 5.69 Å². The number of amides is 1. The van der Waals surface area contributed by atoms with Gasteiger partial charge in [0.05, 0.1) is 0 Å². The van der Waals surface area contributed by atoms with E-state index in [-0.39, 0.29) is 0 Å². The summed E-state index contributed by atoms with van der Waals surface area (Å²) < 4.78 is 5.98. The zero-order valence-electron chi connectivity index (χ0n) is 14.9. The highest BCUT2D eigenvalue weighted by molar-refractivity contribution is 6.30. The molecule has 0 aliphatic carbocycles. The molecule has 0 radical (unpaired) electrons. The van der Waals surface area contributed by atoms with Crippen LogP contribution in [0.3, 0.4) is 0 Å². The van der Waals surface area contributed by atoms with Crippen molar-refractivity contribution < 1.29 is 14.7 Å². The molecule has 0 aliphatic rings. The number of nitrogens with one attached hydrogen (secondary N) is 2. The molecule has 0 saturated carbocycles. The third kappa shape index (κ3) is 5.36. The van der Waals surface area contributed by atoms with Gasteiger partial charge in [0.15, 0.2) is 0 Å². The molecular formula is C22H19ClN2O3. The van der Waals surface area contributed by atoms with Gasteiger partial charge in [0.2, 0.25) is 0 Å². The van der Waals surface area contributed by atoms with Crippen LogP contribution in [0.25, 0.3) is 6.08 Å². The number of benzene rings is 3. The Morgan fingerprint density at radius 2 is 1.71 bits per heavy atom. The third-order valence-electron chi connectivity index (χ3n) is 3.97. The van der Waals surface area contributed by atoms with Crippen molar-refractivity contribution in [1.82, 2.24) is 5.48 Å². The number of para-hydroxylation sites is 2. The van der Waals surface area contributed by atoms with Crippen LogP contribution in [0, 0.1) is 0 Å². The van der Waals surface area contributed by atoms with E-state index in [0.29, 0.717) is 17.3 Å². The number of rotatable bonds is 7. The van der Waals surface area contributed by atoms with Crippen molar-refractivity contribution >= 4 is 29.3 Å². The lowest BCUT2D eigenvalue weighted by atomic mass is 10.1. The minimum absolute atomic E-state index is 0.529. The molecule has 3 aromatic carbocycles. The summed E-state index contributed by atoms with van der Waals surface area (Å²) in [5, 5.41) is 12.6. The van der Waals surface area contributed by atoms with E-state index in [0.717, 1.165) is 22.6 Å². The van der Waals surface area contributed by atoms with E-state index in [1.165, 1.54) is 6.08 Å². The number of carbonyl (C=O) groups is 1.